The maximum atomic E-state index is 9.19. The van der Waals surface area contributed by atoms with Crippen LogP contribution in [-0.4, -0.2) is 40.3 Å². The molecule has 0 saturated heterocycles. The van der Waals surface area contributed by atoms with Crippen molar-refractivity contribution in [3.8, 4) is 0 Å². The summed E-state index contributed by atoms with van der Waals surface area (Å²) < 4.78 is 0. The van der Waals surface area contributed by atoms with Crippen LogP contribution in [-0.2, 0) is 0 Å². The fraction of sp³-hybridized carbons (Fsp3) is 1.00. The van der Waals surface area contributed by atoms with E-state index in [1.807, 2.05) is 6.92 Å². The summed E-state index contributed by atoms with van der Waals surface area (Å²) >= 11 is 0. The van der Waals surface area contributed by atoms with Crippen molar-refractivity contribution in [3.63, 3.8) is 0 Å². The van der Waals surface area contributed by atoms with Gasteiger partial charge >= 0.3 is 29.6 Å². The van der Waals surface area contributed by atoms with Crippen LogP contribution >= 0.6 is 0 Å². The van der Waals surface area contributed by atoms with Gasteiger partial charge in [-0.15, -0.1) is 0 Å². The van der Waals surface area contributed by atoms with Gasteiger partial charge in [0.25, 0.3) is 0 Å². The third-order valence-electron chi connectivity index (χ3n) is 1.68. The van der Waals surface area contributed by atoms with Crippen molar-refractivity contribution in [2.75, 3.05) is 0 Å². The van der Waals surface area contributed by atoms with E-state index in [0.717, 1.165) is 12.8 Å². The van der Waals surface area contributed by atoms with E-state index >= 15 is 0 Å². The summed E-state index contributed by atoms with van der Waals surface area (Å²) in [6.45, 7) is 1.92. The molecule has 0 aromatic carbocycles. The van der Waals surface area contributed by atoms with Crippen molar-refractivity contribution < 1.29 is 5.11 Å². The molecule has 44 valence electrons. The molecule has 1 N–H and O–H groups in total. The molecular formula is C6H13NaO. The van der Waals surface area contributed by atoms with Crippen molar-refractivity contribution in [2.24, 2.45) is 0 Å². The maximum absolute atomic E-state index is 9.19. The summed E-state index contributed by atoms with van der Waals surface area (Å²) in [6, 6.07) is 0. The van der Waals surface area contributed by atoms with Crippen molar-refractivity contribution in [1.82, 2.24) is 0 Å². The zero-order valence-electron chi connectivity index (χ0n) is 4.78. The van der Waals surface area contributed by atoms with Crippen molar-refractivity contribution in [3.05, 3.63) is 0 Å². The fourth-order valence-electron chi connectivity index (χ4n) is 1.14. The summed E-state index contributed by atoms with van der Waals surface area (Å²) in [6.07, 6.45) is 4.44. The zero-order valence-corrected chi connectivity index (χ0v) is 4.78. The van der Waals surface area contributed by atoms with Gasteiger partial charge in [0.05, 0.1) is 5.60 Å². The average Bonchev–Trinajstić information content (AvgIpc) is 1.84. The normalized spacial score (nSPS) is 24.8. The molecule has 8 heavy (non-hydrogen) atoms. The van der Waals surface area contributed by atoms with Crippen LogP contribution in [0.2, 0.25) is 0 Å². The molecule has 0 aromatic rings. The van der Waals surface area contributed by atoms with Gasteiger partial charge in [-0.1, -0.05) is 12.8 Å². The Labute approximate surface area is 72.8 Å². The van der Waals surface area contributed by atoms with Crippen LogP contribution in [0.3, 0.4) is 0 Å². The second kappa shape index (κ2) is 3.21. The third-order valence-corrected chi connectivity index (χ3v) is 1.68. The van der Waals surface area contributed by atoms with Gasteiger partial charge in [0, 0.05) is 0 Å². The first-order valence-electron chi connectivity index (χ1n) is 2.93. The van der Waals surface area contributed by atoms with Gasteiger partial charge in [0.2, 0.25) is 0 Å². The molecule has 0 spiro atoms. The molecule has 0 aromatic heterocycles. The Bertz CT molecular complexity index is 62.9. The number of hydrogen-bond acceptors (Lipinski definition) is 1. The fourth-order valence-corrected chi connectivity index (χ4v) is 1.14. The predicted molar refractivity (Wildman–Crippen MR) is 36.2 cm³/mol. The average molecular weight is 124 g/mol. The number of aliphatic hydroxyl groups is 1. The van der Waals surface area contributed by atoms with Gasteiger partial charge in [-0.3, -0.25) is 0 Å². The Hall–Kier alpha value is 0.960. The molecular weight excluding hydrogens is 111 g/mol. The van der Waals surface area contributed by atoms with Crippen LogP contribution < -0.4 is 0 Å². The SMILES string of the molecule is CC1(O)CCCC1.[NaH]. The Balaban J connectivity index is 0.000000490. The Kier molecular flexibility index (Phi) is 3.60. The summed E-state index contributed by atoms with van der Waals surface area (Å²) in [5.74, 6) is 0. The van der Waals surface area contributed by atoms with Gasteiger partial charge in [-0.2, -0.15) is 0 Å². The molecule has 0 amide bonds. The first kappa shape index (κ1) is 8.96. The Morgan fingerprint density at radius 2 is 1.62 bits per heavy atom. The molecule has 0 heterocycles. The molecule has 1 rings (SSSR count). The molecule has 0 atom stereocenters. The monoisotopic (exact) mass is 124 g/mol. The van der Waals surface area contributed by atoms with E-state index in [-0.39, 0.29) is 35.2 Å². The standard InChI is InChI=1S/C6H12O.Na.H/c1-6(7)4-2-3-5-6;;/h7H,2-5H2,1H3;;. The first-order chi connectivity index (χ1) is 3.21. The Morgan fingerprint density at radius 1 is 1.25 bits per heavy atom. The summed E-state index contributed by atoms with van der Waals surface area (Å²) in [7, 11) is 0. The first-order valence-corrected chi connectivity index (χ1v) is 2.93. The molecule has 0 aliphatic heterocycles. The molecule has 1 saturated carbocycles. The van der Waals surface area contributed by atoms with E-state index in [4.69, 9.17) is 0 Å². The van der Waals surface area contributed by atoms with Gasteiger partial charge in [0.1, 0.15) is 0 Å². The van der Waals surface area contributed by atoms with Crippen molar-refractivity contribution >= 4 is 29.6 Å². The van der Waals surface area contributed by atoms with E-state index < -0.39 is 0 Å². The molecule has 2 heteroatoms. The van der Waals surface area contributed by atoms with Crippen LogP contribution in [0.15, 0.2) is 0 Å². The van der Waals surface area contributed by atoms with Crippen LogP contribution in [0.25, 0.3) is 0 Å². The van der Waals surface area contributed by atoms with Crippen LogP contribution in [0.5, 0.6) is 0 Å². The molecule has 1 aliphatic rings. The van der Waals surface area contributed by atoms with E-state index in [1.165, 1.54) is 12.8 Å². The topological polar surface area (TPSA) is 20.2 Å². The molecule has 0 bridgehead atoms. The number of rotatable bonds is 0. The van der Waals surface area contributed by atoms with E-state index in [0.29, 0.717) is 0 Å². The predicted octanol–water partition coefficient (Wildman–Crippen LogP) is 0.663. The van der Waals surface area contributed by atoms with E-state index in [2.05, 4.69) is 0 Å². The van der Waals surface area contributed by atoms with Gasteiger partial charge in [0.15, 0.2) is 0 Å². The summed E-state index contributed by atoms with van der Waals surface area (Å²) in [4.78, 5) is 0. The van der Waals surface area contributed by atoms with Crippen LogP contribution in [0.1, 0.15) is 32.6 Å². The second-order valence-corrected chi connectivity index (χ2v) is 2.70. The van der Waals surface area contributed by atoms with Gasteiger partial charge in [-0.05, 0) is 19.8 Å². The summed E-state index contributed by atoms with van der Waals surface area (Å²) in [5.41, 5.74) is -0.306. The minimum atomic E-state index is -0.306. The van der Waals surface area contributed by atoms with Gasteiger partial charge < -0.3 is 5.11 Å². The minimum absolute atomic E-state index is 0. The second-order valence-electron chi connectivity index (χ2n) is 2.70. The van der Waals surface area contributed by atoms with Gasteiger partial charge in [-0.25, -0.2) is 0 Å². The quantitative estimate of drug-likeness (QED) is 0.470. The van der Waals surface area contributed by atoms with Crippen molar-refractivity contribution in [2.45, 2.75) is 38.2 Å². The van der Waals surface area contributed by atoms with Crippen LogP contribution in [0.4, 0.5) is 0 Å². The van der Waals surface area contributed by atoms with Crippen LogP contribution in [0, 0.1) is 0 Å². The molecule has 1 aliphatic carbocycles. The van der Waals surface area contributed by atoms with Crippen molar-refractivity contribution in [1.29, 1.82) is 0 Å². The molecule has 0 unspecified atom stereocenters. The molecule has 0 radical (unpaired) electrons. The summed E-state index contributed by atoms with van der Waals surface area (Å²) in [5, 5.41) is 9.19. The molecule has 1 fully saturated rings. The number of hydrogen-bond donors (Lipinski definition) is 1. The molecule has 1 nitrogen and oxygen atoms in total. The third kappa shape index (κ3) is 2.49. The zero-order chi connectivity index (χ0) is 5.33. The van der Waals surface area contributed by atoms with E-state index in [1.54, 1.807) is 0 Å². The Morgan fingerprint density at radius 3 is 1.75 bits per heavy atom. The van der Waals surface area contributed by atoms with E-state index in [9.17, 15) is 5.11 Å².